The van der Waals surface area contributed by atoms with Gasteiger partial charge in [-0.3, -0.25) is 4.98 Å². The molecule has 1 aliphatic heterocycles. The molecule has 0 N–H and O–H groups in total. The third kappa shape index (κ3) is 2.45. The zero-order valence-electron chi connectivity index (χ0n) is 14.4. The number of aromatic nitrogens is 1. The number of pyridine rings is 1. The highest BCUT2D eigenvalue weighted by Gasteiger charge is 2.51. The molecule has 0 bridgehead atoms. The second-order valence-corrected chi connectivity index (χ2v) is 7.21. The lowest BCUT2D eigenvalue weighted by Gasteiger charge is -2.32. The second-order valence-electron chi connectivity index (χ2n) is 7.21. The zero-order chi connectivity index (χ0) is 16.9. The van der Waals surface area contributed by atoms with E-state index >= 15 is 0 Å². The van der Waals surface area contributed by atoms with Gasteiger partial charge in [-0.15, -0.1) is 0 Å². The average Bonchev–Trinajstić information content (AvgIpc) is 3.06. The van der Waals surface area contributed by atoms with E-state index in [-0.39, 0.29) is 11.2 Å². The standard InChI is InChI=1S/C19H20BNO3/c1-18(2)19(3,4)24-20(23-18)14-9-10-15(21-12-14)17-11-13-7-5-6-8-16(13)22-17/h5-12H,1-4H3. The van der Waals surface area contributed by atoms with Crippen molar-refractivity contribution in [1.29, 1.82) is 0 Å². The van der Waals surface area contributed by atoms with E-state index in [2.05, 4.69) is 4.98 Å². The minimum atomic E-state index is -0.396. The van der Waals surface area contributed by atoms with Gasteiger partial charge in [-0.05, 0) is 45.9 Å². The first-order chi connectivity index (χ1) is 11.4. The summed E-state index contributed by atoms with van der Waals surface area (Å²) in [5, 5.41) is 1.07. The molecule has 4 nitrogen and oxygen atoms in total. The van der Waals surface area contributed by atoms with Crippen molar-refractivity contribution in [2.75, 3.05) is 0 Å². The molecule has 1 fully saturated rings. The number of hydrogen-bond acceptors (Lipinski definition) is 4. The van der Waals surface area contributed by atoms with Gasteiger partial charge in [0, 0.05) is 17.0 Å². The van der Waals surface area contributed by atoms with Crippen LogP contribution < -0.4 is 5.46 Å². The van der Waals surface area contributed by atoms with Gasteiger partial charge in [0.15, 0.2) is 5.76 Å². The fraction of sp³-hybridized carbons (Fsp3) is 0.316. The van der Waals surface area contributed by atoms with E-state index in [1.54, 1.807) is 6.20 Å². The highest BCUT2D eigenvalue weighted by Crippen LogP contribution is 2.36. The molecule has 24 heavy (non-hydrogen) atoms. The second kappa shape index (κ2) is 5.20. The Morgan fingerprint density at radius 2 is 1.62 bits per heavy atom. The number of fused-ring (bicyclic) bond motifs is 1. The van der Waals surface area contributed by atoms with Gasteiger partial charge in [-0.25, -0.2) is 0 Å². The third-order valence-corrected chi connectivity index (χ3v) is 4.99. The van der Waals surface area contributed by atoms with Crippen LogP contribution in [0.2, 0.25) is 0 Å². The molecular formula is C19H20BNO3. The van der Waals surface area contributed by atoms with Crippen LogP contribution in [0, 0.1) is 0 Å². The molecule has 0 amide bonds. The summed E-state index contributed by atoms with van der Waals surface area (Å²) in [7, 11) is -0.396. The molecule has 1 aromatic carbocycles. The van der Waals surface area contributed by atoms with Crippen LogP contribution in [0.1, 0.15) is 27.7 Å². The van der Waals surface area contributed by atoms with Crippen molar-refractivity contribution in [2.45, 2.75) is 38.9 Å². The summed E-state index contributed by atoms with van der Waals surface area (Å²) >= 11 is 0. The zero-order valence-corrected chi connectivity index (χ0v) is 14.4. The average molecular weight is 321 g/mol. The Morgan fingerprint density at radius 1 is 0.917 bits per heavy atom. The summed E-state index contributed by atoms with van der Waals surface area (Å²) < 4.78 is 18.0. The number of para-hydroxylation sites is 1. The van der Waals surface area contributed by atoms with Crippen molar-refractivity contribution in [1.82, 2.24) is 4.98 Å². The van der Waals surface area contributed by atoms with E-state index < -0.39 is 7.12 Å². The van der Waals surface area contributed by atoms with Crippen LogP contribution in [0.25, 0.3) is 22.4 Å². The van der Waals surface area contributed by atoms with E-state index in [4.69, 9.17) is 13.7 Å². The SMILES string of the molecule is CC1(C)OB(c2ccc(-c3cc4ccccc4o3)nc2)OC1(C)C. The summed E-state index contributed by atoms with van der Waals surface area (Å²) in [5.74, 6) is 0.761. The van der Waals surface area contributed by atoms with Gasteiger partial charge in [0.1, 0.15) is 11.3 Å². The van der Waals surface area contributed by atoms with Crippen molar-refractivity contribution in [3.63, 3.8) is 0 Å². The molecule has 5 heteroatoms. The van der Waals surface area contributed by atoms with E-state index in [1.165, 1.54) is 0 Å². The number of rotatable bonds is 2. The number of benzene rings is 1. The van der Waals surface area contributed by atoms with Crippen LogP contribution in [0.4, 0.5) is 0 Å². The number of nitrogens with zero attached hydrogens (tertiary/aromatic N) is 1. The predicted octanol–water partition coefficient (Wildman–Crippen LogP) is 3.79. The van der Waals surface area contributed by atoms with Crippen LogP contribution in [-0.2, 0) is 9.31 Å². The largest absolute Gasteiger partial charge is 0.496 e. The van der Waals surface area contributed by atoms with Gasteiger partial charge in [0.2, 0.25) is 0 Å². The summed E-state index contributed by atoms with van der Waals surface area (Å²) in [6, 6.07) is 13.9. The number of hydrogen-bond donors (Lipinski definition) is 0. The lowest BCUT2D eigenvalue weighted by molar-refractivity contribution is 0.00578. The van der Waals surface area contributed by atoms with Gasteiger partial charge in [-0.2, -0.15) is 0 Å². The summed E-state index contributed by atoms with van der Waals surface area (Å²) in [4.78, 5) is 4.53. The normalized spacial score (nSPS) is 19.1. The summed E-state index contributed by atoms with van der Waals surface area (Å²) in [6.45, 7) is 8.18. The Hall–Kier alpha value is -2.11. The smallest absolute Gasteiger partial charge is 0.454 e. The maximum Gasteiger partial charge on any atom is 0.496 e. The van der Waals surface area contributed by atoms with Crippen molar-refractivity contribution in [3.8, 4) is 11.5 Å². The molecule has 1 aliphatic rings. The van der Waals surface area contributed by atoms with E-state index in [9.17, 15) is 0 Å². The van der Waals surface area contributed by atoms with Crippen molar-refractivity contribution >= 4 is 23.6 Å². The Kier molecular flexibility index (Phi) is 3.34. The van der Waals surface area contributed by atoms with Crippen LogP contribution >= 0.6 is 0 Å². The fourth-order valence-corrected chi connectivity index (χ4v) is 2.78. The predicted molar refractivity (Wildman–Crippen MR) is 95.2 cm³/mol. The van der Waals surface area contributed by atoms with Gasteiger partial charge in [0.25, 0.3) is 0 Å². The Balaban J connectivity index is 1.61. The molecular weight excluding hydrogens is 301 g/mol. The Bertz CT molecular complexity index is 834. The van der Waals surface area contributed by atoms with Gasteiger partial charge in [0.05, 0.1) is 11.2 Å². The topological polar surface area (TPSA) is 44.5 Å². The van der Waals surface area contributed by atoms with Crippen molar-refractivity contribution < 1.29 is 13.7 Å². The molecule has 0 radical (unpaired) electrons. The minimum absolute atomic E-state index is 0.352. The highest BCUT2D eigenvalue weighted by atomic mass is 16.7. The minimum Gasteiger partial charge on any atom is -0.454 e. The monoisotopic (exact) mass is 321 g/mol. The molecule has 3 heterocycles. The lowest BCUT2D eigenvalue weighted by Crippen LogP contribution is -2.41. The molecule has 0 atom stereocenters. The van der Waals surface area contributed by atoms with E-state index in [1.807, 2.05) is 70.2 Å². The summed E-state index contributed by atoms with van der Waals surface area (Å²) in [5.41, 5.74) is 1.87. The van der Waals surface area contributed by atoms with Crippen molar-refractivity contribution in [2.24, 2.45) is 0 Å². The molecule has 4 rings (SSSR count). The first-order valence-corrected chi connectivity index (χ1v) is 8.16. The van der Waals surface area contributed by atoms with Gasteiger partial charge < -0.3 is 13.7 Å². The highest BCUT2D eigenvalue weighted by molar-refractivity contribution is 6.62. The summed E-state index contributed by atoms with van der Waals surface area (Å²) in [6.07, 6.45) is 1.80. The first kappa shape index (κ1) is 15.4. The fourth-order valence-electron chi connectivity index (χ4n) is 2.78. The Morgan fingerprint density at radius 3 is 2.25 bits per heavy atom. The maximum atomic E-state index is 6.06. The van der Waals surface area contributed by atoms with Crippen LogP contribution in [-0.4, -0.2) is 23.3 Å². The van der Waals surface area contributed by atoms with E-state index in [0.717, 1.165) is 27.9 Å². The molecule has 0 saturated carbocycles. The lowest BCUT2D eigenvalue weighted by atomic mass is 9.80. The molecule has 3 aromatic rings. The quantitative estimate of drug-likeness (QED) is 0.674. The van der Waals surface area contributed by atoms with Gasteiger partial charge >= 0.3 is 7.12 Å². The molecule has 0 spiro atoms. The van der Waals surface area contributed by atoms with E-state index in [0.29, 0.717) is 0 Å². The molecule has 1 saturated heterocycles. The first-order valence-electron chi connectivity index (χ1n) is 8.16. The molecule has 2 aromatic heterocycles. The third-order valence-electron chi connectivity index (χ3n) is 4.99. The molecule has 0 unspecified atom stereocenters. The number of furan rings is 1. The van der Waals surface area contributed by atoms with Crippen LogP contribution in [0.3, 0.4) is 0 Å². The van der Waals surface area contributed by atoms with Crippen molar-refractivity contribution in [3.05, 3.63) is 48.7 Å². The van der Waals surface area contributed by atoms with Gasteiger partial charge in [-0.1, -0.05) is 24.3 Å². The molecule has 122 valence electrons. The maximum absolute atomic E-state index is 6.06. The van der Waals surface area contributed by atoms with Crippen LogP contribution in [0.15, 0.2) is 53.1 Å². The Labute approximate surface area is 141 Å². The van der Waals surface area contributed by atoms with Crippen LogP contribution in [0.5, 0.6) is 0 Å². The molecule has 0 aliphatic carbocycles.